The Morgan fingerprint density at radius 2 is 1.88 bits per heavy atom. The van der Waals surface area contributed by atoms with Crippen molar-refractivity contribution < 1.29 is 22.8 Å². The minimum absolute atomic E-state index is 0.0649. The summed E-state index contributed by atoms with van der Waals surface area (Å²) in [5, 5.41) is 1.90. The molecule has 1 fully saturated rings. The third-order valence-electron chi connectivity index (χ3n) is 4.45. The number of nitrogens with one attached hydrogen (secondary N) is 1. The SMILES string of the molecule is O=C1Nc2cc(C(F)(F)F)ccc2SC1CC(=O)N1CCCCCC1. The highest BCUT2D eigenvalue weighted by atomic mass is 32.2. The van der Waals surface area contributed by atoms with Crippen molar-refractivity contribution >= 4 is 29.3 Å². The quantitative estimate of drug-likeness (QED) is 0.856. The lowest BCUT2D eigenvalue weighted by molar-refractivity contribution is -0.137. The zero-order valence-electron chi connectivity index (χ0n) is 13.6. The Hall–Kier alpha value is -1.70. The summed E-state index contributed by atoms with van der Waals surface area (Å²) >= 11 is 1.16. The molecule has 3 rings (SSSR count). The third kappa shape index (κ3) is 4.29. The second-order valence-corrected chi connectivity index (χ2v) is 7.55. The summed E-state index contributed by atoms with van der Waals surface area (Å²) in [7, 11) is 0. The monoisotopic (exact) mass is 372 g/mol. The van der Waals surface area contributed by atoms with Crippen molar-refractivity contribution in [1.82, 2.24) is 4.90 Å². The van der Waals surface area contributed by atoms with Gasteiger partial charge in [0.05, 0.1) is 16.5 Å². The van der Waals surface area contributed by atoms with Crippen molar-refractivity contribution in [3.8, 4) is 0 Å². The van der Waals surface area contributed by atoms with Gasteiger partial charge in [-0.1, -0.05) is 12.8 Å². The molecular weight excluding hydrogens is 353 g/mol. The lowest BCUT2D eigenvalue weighted by Crippen LogP contribution is -2.38. The topological polar surface area (TPSA) is 49.4 Å². The third-order valence-corrected chi connectivity index (χ3v) is 5.72. The molecule has 1 saturated heterocycles. The summed E-state index contributed by atoms with van der Waals surface area (Å²) in [6.45, 7) is 1.42. The molecule has 136 valence electrons. The first-order valence-electron chi connectivity index (χ1n) is 8.31. The van der Waals surface area contributed by atoms with Crippen LogP contribution >= 0.6 is 11.8 Å². The molecule has 4 nitrogen and oxygen atoms in total. The van der Waals surface area contributed by atoms with Crippen LogP contribution in [0.3, 0.4) is 0 Å². The molecule has 2 heterocycles. The molecule has 2 aliphatic heterocycles. The van der Waals surface area contributed by atoms with E-state index < -0.39 is 22.9 Å². The van der Waals surface area contributed by atoms with Gasteiger partial charge in [-0.25, -0.2) is 0 Å². The van der Waals surface area contributed by atoms with E-state index in [2.05, 4.69) is 5.32 Å². The van der Waals surface area contributed by atoms with Crippen LogP contribution in [-0.2, 0) is 15.8 Å². The van der Waals surface area contributed by atoms with Crippen LogP contribution in [0.4, 0.5) is 18.9 Å². The molecule has 2 aliphatic rings. The van der Waals surface area contributed by atoms with E-state index in [1.165, 1.54) is 6.07 Å². The van der Waals surface area contributed by atoms with Crippen LogP contribution in [0.15, 0.2) is 23.1 Å². The van der Waals surface area contributed by atoms with Crippen LogP contribution in [0.1, 0.15) is 37.7 Å². The number of rotatable bonds is 2. The average Bonchev–Trinajstić information content (AvgIpc) is 2.83. The van der Waals surface area contributed by atoms with Gasteiger partial charge in [0.25, 0.3) is 0 Å². The summed E-state index contributed by atoms with van der Waals surface area (Å²) in [6.07, 6.45) is -0.229. The van der Waals surface area contributed by atoms with E-state index in [0.29, 0.717) is 18.0 Å². The number of thioether (sulfide) groups is 1. The maximum absolute atomic E-state index is 12.8. The molecule has 1 aromatic carbocycles. The summed E-state index contributed by atoms with van der Waals surface area (Å²) in [5.41, 5.74) is -0.644. The number of halogens is 3. The van der Waals surface area contributed by atoms with Gasteiger partial charge in [0.1, 0.15) is 0 Å². The normalized spacial score (nSPS) is 21.3. The van der Waals surface area contributed by atoms with E-state index in [1.807, 2.05) is 0 Å². The summed E-state index contributed by atoms with van der Waals surface area (Å²) in [5.74, 6) is -0.482. The van der Waals surface area contributed by atoms with Gasteiger partial charge in [-0.05, 0) is 31.0 Å². The van der Waals surface area contributed by atoms with E-state index in [9.17, 15) is 22.8 Å². The van der Waals surface area contributed by atoms with Crippen molar-refractivity contribution in [1.29, 1.82) is 0 Å². The Labute approximate surface area is 148 Å². The second kappa shape index (κ2) is 7.27. The molecule has 25 heavy (non-hydrogen) atoms. The fourth-order valence-corrected chi connectivity index (χ4v) is 4.15. The van der Waals surface area contributed by atoms with Gasteiger partial charge in [0, 0.05) is 24.4 Å². The fraction of sp³-hybridized carbons (Fsp3) is 0.529. The van der Waals surface area contributed by atoms with Crippen LogP contribution in [0.25, 0.3) is 0 Å². The minimum Gasteiger partial charge on any atom is -0.343 e. The maximum atomic E-state index is 12.8. The zero-order valence-corrected chi connectivity index (χ0v) is 14.4. The van der Waals surface area contributed by atoms with Crippen molar-refractivity contribution in [3.05, 3.63) is 23.8 Å². The first-order valence-corrected chi connectivity index (χ1v) is 9.19. The first-order chi connectivity index (χ1) is 11.8. The number of carbonyl (C=O) groups is 2. The summed E-state index contributed by atoms with van der Waals surface area (Å²) in [4.78, 5) is 27.0. The second-order valence-electron chi connectivity index (χ2n) is 6.30. The number of amides is 2. The molecule has 8 heteroatoms. The number of nitrogens with zero attached hydrogens (tertiary/aromatic N) is 1. The van der Waals surface area contributed by atoms with Gasteiger partial charge in [0.15, 0.2) is 0 Å². The highest BCUT2D eigenvalue weighted by molar-refractivity contribution is 8.01. The summed E-state index contributed by atoms with van der Waals surface area (Å²) < 4.78 is 38.3. The van der Waals surface area contributed by atoms with Crippen molar-refractivity contribution in [3.63, 3.8) is 0 Å². The Morgan fingerprint density at radius 1 is 1.20 bits per heavy atom. The molecule has 1 atom stereocenters. The molecule has 0 radical (unpaired) electrons. The highest BCUT2D eigenvalue weighted by Gasteiger charge is 2.34. The molecule has 0 aromatic heterocycles. The number of fused-ring (bicyclic) bond motifs is 1. The number of hydrogen-bond acceptors (Lipinski definition) is 3. The molecule has 1 unspecified atom stereocenters. The number of likely N-dealkylation sites (tertiary alicyclic amines) is 1. The number of anilines is 1. The van der Waals surface area contributed by atoms with Gasteiger partial charge in [-0.3, -0.25) is 9.59 Å². The number of carbonyl (C=O) groups excluding carboxylic acids is 2. The van der Waals surface area contributed by atoms with E-state index in [0.717, 1.165) is 49.6 Å². The van der Waals surface area contributed by atoms with Gasteiger partial charge >= 0.3 is 6.18 Å². The Bertz CT molecular complexity index is 670. The Kier molecular flexibility index (Phi) is 5.27. The van der Waals surface area contributed by atoms with Crippen LogP contribution in [0, 0.1) is 0 Å². The average molecular weight is 372 g/mol. The predicted molar refractivity (Wildman–Crippen MR) is 89.4 cm³/mol. The van der Waals surface area contributed by atoms with E-state index >= 15 is 0 Å². The Balaban J connectivity index is 1.69. The lowest BCUT2D eigenvalue weighted by atomic mass is 10.1. The van der Waals surface area contributed by atoms with E-state index in [4.69, 9.17) is 0 Å². The molecule has 0 spiro atoms. The highest BCUT2D eigenvalue weighted by Crippen LogP contribution is 2.40. The van der Waals surface area contributed by atoms with Crippen molar-refractivity contribution in [2.75, 3.05) is 18.4 Å². The Morgan fingerprint density at radius 3 is 2.52 bits per heavy atom. The van der Waals surface area contributed by atoms with Gasteiger partial charge in [-0.2, -0.15) is 13.2 Å². The largest absolute Gasteiger partial charge is 0.416 e. The molecule has 0 aliphatic carbocycles. The van der Waals surface area contributed by atoms with Gasteiger partial charge < -0.3 is 10.2 Å². The van der Waals surface area contributed by atoms with Gasteiger partial charge in [0.2, 0.25) is 11.8 Å². The van der Waals surface area contributed by atoms with Crippen LogP contribution < -0.4 is 5.32 Å². The van der Waals surface area contributed by atoms with E-state index in [1.54, 1.807) is 4.90 Å². The van der Waals surface area contributed by atoms with Crippen LogP contribution in [0.2, 0.25) is 0 Å². The zero-order chi connectivity index (χ0) is 18.0. The molecule has 2 amide bonds. The first kappa shape index (κ1) is 18.1. The van der Waals surface area contributed by atoms with Gasteiger partial charge in [-0.15, -0.1) is 11.8 Å². The lowest BCUT2D eigenvalue weighted by Gasteiger charge is -2.27. The van der Waals surface area contributed by atoms with Crippen LogP contribution in [0.5, 0.6) is 0 Å². The minimum atomic E-state index is -4.45. The van der Waals surface area contributed by atoms with Crippen LogP contribution in [-0.4, -0.2) is 35.1 Å². The number of benzene rings is 1. The standard InChI is InChI=1S/C17H19F3N2O2S/c18-17(19,20)11-5-6-13-12(9-11)21-16(24)14(25-13)10-15(23)22-7-3-1-2-4-8-22/h5-6,9,14H,1-4,7-8,10H2,(H,21,24). The van der Waals surface area contributed by atoms with E-state index in [-0.39, 0.29) is 18.0 Å². The van der Waals surface area contributed by atoms with Crippen molar-refractivity contribution in [2.24, 2.45) is 0 Å². The molecule has 1 N–H and O–H groups in total. The fourth-order valence-electron chi connectivity index (χ4n) is 3.07. The number of alkyl halides is 3. The van der Waals surface area contributed by atoms with Crippen molar-refractivity contribution in [2.45, 2.75) is 48.4 Å². The predicted octanol–water partition coefficient (Wildman–Crippen LogP) is 3.91. The molecule has 0 saturated carbocycles. The molecular formula is C17H19F3N2O2S. The maximum Gasteiger partial charge on any atom is 0.416 e. The smallest absolute Gasteiger partial charge is 0.343 e. The molecule has 0 bridgehead atoms. The summed E-state index contributed by atoms with van der Waals surface area (Å²) in [6, 6.07) is 3.29. The molecule has 1 aromatic rings. The number of hydrogen-bond donors (Lipinski definition) is 1.